The molecule has 0 aliphatic carbocycles. The lowest BCUT2D eigenvalue weighted by molar-refractivity contribution is 0.784. The van der Waals surface area contributed by atoms with Gasteiger partial charge in [-0.15, -0.1) is 0 Å². The highest BCUT2D eigenvalue weighted by atomic mass is 14.8. The SMILES string of the molecule is CC.CC.CC(N=C(c1ccccc1)c1ccccc1)c1ccccn1. The van der Waals surface area contributed by atoms with E-state index in [9.17, 15) is 0 Å². The molecule has 2 nitrogen and oxygen atoms in total. The summed E-state index contributed by atoms with van der Waals surface area (Å²) in [6, 6.07) is 26.5. The van der Waals surface area contributed by atoms with Gasteiger partial charge in [-0.2, -0.15) is 0 Å². The maximum atomic E-state index is 4.94. The van der Waals surface area contributed by atoms with E-state index in [-0.39, 0.29) is 6.04 Å². The van der Waals surface area contributed by atoms with Crippen molar-refractivity contribution in [2.24, 2.45) is 4.99 Å². The van der Waals surface area contributed by atoms with Gasteiger partial charge in [-0.25, -0.2) is 0 Å². The second kappa shape index (κ2) is 12.6. The molecule has 136 valence electrons. The van der Waals surface area contributed by atoms with Crippen LogP contribution in [0.25, 0.3) is 0 Å². The minimum absolute atomic E-state index is 0.0108. The summed E-state index contributed by atoms with van der Waals surface area (Å²) < 4.78 is 0. The minimum atomic E-state index is 0.0108. The highest BCUT2D eigenvalue weighted by Crippen LogP contribution is 2.19. The van der Waals surface area contributed by atoms with E-state index in [4.69, 9.17) is 4.99 Å². The number of aliphatic imine (C=N–C) groups is 1. The van der Waals surface area contributed by atoms with Gasteiger partial charge in [-0.3, -0.25) is 9.98 Å². The molecule has 3 aromatic rings. The molecule has 0 bridgehead atoms. The van der Waals surface area contributed by atoms with Crippen molar-refractivity contribution in [2.45, 2.75) is 40.7 Å². The van der Waals surface area contributed by atoms with Gasteiger partial charge in [-0.1, -0.05) is 94.4 Å². The number of pyridine rings is 1. The Kier molecular flexibility index (Phi) is 10.3. The van der Waals surface area contributed by atoms with E-state index in [1.165, 1.54) is 0 Å². The van der Waals surface area contributed by atoms with Crippen LogP contribution in [0.5, 0.6) is 0 Å². The molecule has 2 aromatic carbocycles. The van der Waals surface area contributed by atoms with Gasteiger partial charge >= 0.3 is 0 Å². The first kappa shape index (κ1) is 21.3. The predicted molar refractivity (Wildman–Crippen MR) is 114 cm³/mol. The van der Waals surface area contributed by atoms with Gasteiger partial charge < -0.3 is 0 Å². The molecule has 0 radical (unpaired) electrons. The fourth-order valence-electron chi connectivity index (χ4n) is 2.39. The van der Waals surface area contributed by atoms with Crippen molar-refractivity contribution in [3.8, 4) is 0 Å². The first-order valence-corrected chi connectivity index (χ1v) is 9.44. The van der Waals surface area contributed by atoms with Crippen LogP contribution in [0.15, 0.2) is 90.1 Å². The summed E-state index contributed by atoms with van der Waals surface area (Å²) in [5.41, 5.74) is 4.22. The monoisotopic (exact) mass is 346 g/mol. The van der Waals surface area contributed by atoms with Crippen LogP contribution in [0.1, 0.15) is 57.5 Å². The zero-order valence-corrected chi connectivity index (χ0v) is 16.6. The van der Waals surface area contributed by atoms with Crippen molar-refractivity contribution in [1.82, 2.24) is 4.98 Å². The summed E-state index contributed by atoms with van der Waals surface area (Å²) in [5, 5.41) is 0. The number of aromatic nitrogens is 1. The molecular formula is C24H30N2. The summed E-state index contributed by atoms with van der Waals surface area (Å²) in [4.78, 5) is 9.35. The number of benzene rings is 2. The third-order valence-corrected chi connectivity index (χ3v) is 3.53. The number of nitrogens with zero attached hydrogens (tertiary/aromatic N) is 2. The van der Waals surface area contributed by atoms with Crippen LogP contribution < -0.4 is 0 Å². The largest absolute Gasteiger partial charge is 0.275 e. The summed E-state index contributed by atoms with van der Waals surface area (Å²) in [5.74, 6) is 0. The van der Waals surface area contributed by atoms with E-state index in [2.05, 4.69) is 36.2 Å². The predicted octanol–water partition coefficient (Wildman–Crippen LogP) is 6.73. The van der Waals surface area contributed by atoms with E-state index in [0.29, 0.717) is 0 Å². The third kappa shape index (κ3) is 6.29. The van der Waals surface area contributed by atoms with Crippen molar-refractivity contribution in [3.63, 3.8) is 0 Å². The summed E-state index contributed by atoms with van der Waals surface area (Å²) in [7, 11) is 0. The lowest BCUT2D eigenvalue weighted by Crippen LogP contribution is -2.06. The zero-order chi connectivity index (χ0) is 19.2. The molecule has 0 N–H and O–H groups in total. The van der Waals surface area contributed by atoms with Crippen LogP contribution in [0.4, 0.5) is 0 Å². The van der Waals surface area contributed by atoms with Gasteiger partial charge in [0.15, 0.2) is 0 Å². The molecule has 0 amide bonds. The molecule has 1 aromatic heterocycles. The van der Waals surface area contributed by atoms with Crippen molar-refractivity contribution in [1.29, 1.82) is 0 Å². The Bertz CT molecular complexity index is 693. The van der Waals surface area contributed by atoms with Crippen molar-refractivity contribution < 1.29 is 0 Å². The van der Waals surface area contributed by atoms with E-state index < -0.39 is 0 Å². The molecule has 26 heavy (non-hydrogen) atoms. The zero-order valence-electron chi connectivity index (χ0n) is 16.6. The van der Waals surface area contributed by atoms with Crippen LogP contribution in [-0.2, 0) is 0 Å². The second-order valence-corrected chi connectivity index (χ2v) is 5.14. The molecule has 1 atom stereocenters. The highest BCUT2D eigenvalue weighted by Gasteiger charge is 2.10. The smallest absolute Gasteiger partial charge is 0.0899 e. The second-order valence-electron chi connectivity index (χ2n) is 5.14. The Morgan fingerprint density at radius 1 is 0.692 bits per heavy atom. The fraction of sp³-hybridized carbons (Fsp3) is 0.250. The molecular weight excluding hydrogens is 316 g/mol. The fourth-order valence-corrected chi connectivity index (χ4v) is 2.39. The Morgan fingerprint density at radius 2 is 1.15 bits per heavy atom. The summed E-state index contributed by atoms with van der Waals surface area (Å²) in [6.07, 6.45) is 1.81. The standard InChI is InChI=1S/C20H18N2.2C2H6/c1-16(19-14-8-9-15-21-19)22-20(17-10-4-2-5-11-17)18-12-6-3-7-13-18;2*1-2/h2-16H,1H3;2*1-2H3. The number of rotatable bonds is 4. The quantitative estimate of drug-likeness (QED) is 0.481. The molecule has 0 saturated carbocycles. The molecule has 0 fully saturated rings. The average Bonchev–Trinajstić information content (AvgIpc) is 2.76. The van der Waals surface area contributed by atoms with Gasteiger partial charge in [0.05, 0.1) is 17.4 Å². The Morgan fingerprint density at radius 3 is 1.58 bits per heavy atom. The molecule has 3 rings (SSSR count). The van der Waals surface area contributed by atoms with Crippen LogP contribution in [0.2, 0.25) is 0 Å². The van der Waals surface area contributed by atoms with Crippen LogP contribution in [-0.4, -0.2) is 10.7 Å². The van der Waals surface area contributed by atoms with Crippen LogP contribution in [0, 0.1) is 0 Å². The highest BCUT2D eigenvalue weighted by molar-refractivity contribution is 6.12. The summed E-state index contributed by atoms with van der Waals surface area (Å²) >= 11 is 0. The van der Waals surface area contributed by atoms with Crippen LogP contribution in [0.3, 0.4) is 0 Å². The van der Waals surface area contributed by atoms with Gasteiger partial charge in [-0.05, 0) is 19.1 Å². The maximum absolute atomic E-state index is 4.94. The van der Waals surface area contributed by atoms with E-state index in [1.807, 2.05) is 88.5 Å². The van der Waals surface area contributed by atoms with Gasteiger partial charge in [0.2, 0.25) is 0 Å². The number of hydrogen-bond acceptors (Lipinski definition) is 2. The number of hydrogen-bond donors (Lipinski definition) is 0. The maximum Gasteiger partial charge on any atom is 0.0899 e. The normalized spacial score (nSPS) is 10.3. The molecule has 0 aliphatic heterocycles. The van der Waals surface area contributed by atoms with Gasteiger partial charge in [0.25, 0.3) is 0 Å². The minimum Gasteiger partial charge on any atom is -0.275 e. The van der Waals surface area contributed by atoms with Crippen LogP contribution >= 0.6 is 0 Å². The molecule has 0 aliphatic rings. The third-order valence-electron chi connectivity index (χ3n) is 3.53. The Hall–Kier alpha value is -2.74. The molecule has 0 spiro atoms. The van der Waals surface area contributed by atoms with Gasteiger partial charge in [0, 0.05) is 17.3 Å². The lowest BCUT2D eigenvalue weighted by Gasteiger charge is -2.12. The van der Waals surface area contributed by atoms with Crippen molar-refractivity contribution >= 4 is 5.71 Å². The van der Waals surface area contributed by atoms with Crippen molar-refractivity contribution in [2.75, 3.05) is 0 Å². The first-order chi connectivity index (χ1) is 12.8. The molecule has 0 saturated heterocycles. The Balaban J connectivity index is 0.000000791. The first-order valence-electron chi connectivity index (χ1n) is 9.44. The summed E-state index contributed by atoms with van der Waals surface area (Å²) in [6.45, 7) is 10.1. The topological polar surface area (TPSA) is 25.2 Å². The Labute approximate surface area is 158 Å². The lowest BCUT2D eigenvalue weighted by atomic mass is 10.0. The molecule has 1 heterocycles. The van der Waals surface area contributed by atoms with E-state index >= 15 is 0 Å². The molecule has 2 heteroatoms. The van der Waals surface area contributed by atoms with E-state index in [0.717, 1.165) is 22.5 Å². The van der Waals surface area contributed by atoms with Gasteiger partial charge in [0.1, 0.15) is 0 Å². The average molecular weight is 347 g/mol. The van der Waals surface area contributed by atoms with E-state index in [1.54, 1.807) is 0 Å². The molecule has 1 unspecified atom stereocenters. The van der Waals surface area contributed by atoms with Crippen molar-refractivity contribution in [3.05, 3.63) is 102 Å².